The Balaban J connectivity index is 2.41. The minimum Gasteiger partial charge on any atom is -0.294 e. The number of aryl methyl sites for hydroxylation is 3. The number of carbonyl (C=O) groups excluding carboxylic acids is 1. The monoisotopic (exact) mass is 278 g/mol. The van der Waals surface area contributed by atoms with Crippen molar-refractivity contribution in [1.82, 2.24) is 9.78 Å². The van der Waals surface area contributed by atoms with Gasteiger partial charge in [-0.3, -0.25) is 9.48 Å². The highest BCUT2D eigenvalue weighted by Crippen LogP contribution is 2.20. The minimum atomic E-state index is -0.822. The Morgan fingerprint density at radius 2 is 1.90 bits per heavy atom. The van der Waals surface area contributed by atoms with Crippen LogP contribution in [0.1, 0.15) is 32.9 Å². The standard InChI is InChI=1S/C15H16F2N2O/c1-8-5-6-12(16)14(15(8)17)13(20)7-11-9(2)18-19(4)10(11)3/h5-6H,7H2,1-4H3. The number of ketones is 1. The van der Waals surface area contributed by atoms with E-state index in [1.165, 1.54) is 13.0 Å². The molecule has 0 unspecified atom stereocenters. The zero-order valence-corrected chi connectivity index (χ0v) is 11.9. The van der Waals surface area contributed by atoms with E-state index in [0.29, 0.717) is 5.69 Å². The number of hydrogen-bond acceptors (Lipinski definition) is 2. The normalized spacial score (nSPS) is 10.9. The molecular weight excluding hydrogens is 262 g/mol. The number of benzene rings is 1. The van der Waals surface area contributed by atoms with E-state index in [0.717, 1.165) is 17.3 Å². The van der Waals surface area contributed by atoms with Crippen LogP contribution in [0.2, 0.25) is 0 Å². The van der Waals surface area contributed by atoms with E-state index < -0.39 is 23.0 Å². The number of rotatable bonds is 3. The third kappa shape index (κ3) is 2.35. The second-order valence-electron chi connectivity index (χ2n) is 4.93. The molecule has 0 atom stereocenters. The molecule has 2 aromatic rings. The summed E-state index contributed by atoms with van der Waals surface area (Å²) in [5.41, 5.74) is 2.04. The molecule has 0 aliphatic carbocycles. The van der Waals surface area contributed by atoms with Crippen molar-refractivity contribution < 1.29 is 13.6 Å². The van der Waals surface area contributed by atoms with Crippen molar-refractivity contribution in [2.45, 2.75) is 27.2 Å². The average Bonchev–Trinajstić information content (AvgIpc) is 2.61. The summed E-state index contributed by atoms with van der Waals surface area (Å²) in [4.78, 5) is 12.2. The fourth-order valence-electron chi connectivity index (χ4n) is 2.23. The third-order valence-corrected chi connectivity index (χ3v) is 3.56. The van der Waals surface area contributed by atoms with Crippen LogP contribution >= 0.6 is 0 Å². The van der Waals surface area contributed by atoms with Gasteiger partial charge in [0.15, 0.2) is 5.78 Å². The van der Waals surface area contributed by atoms with Crippen molar-refractivity contribution in [2.24, 2.45) is 7.05 Å². The Bertz CT molecular complexity index is 690. The predicted molar refractivity (Wildman–Crippen MR) is 71.8 cm³/mol. The third-order valence-electron chi connectivity index (χ3n) is 3.56. The van der Waals surface area contributed by atoms with Crippen LogP contribution in [0, 0.1) is 32.4 Å². The van der Waals surface area contributed by atoms with Crippen LogP contribution < -0.4 is 0 Å². The molecular formula is C15H16F2N2O. The van der Waals surface area contributed by atoms with Crippen molar-refractivity contribution in [3.05, 3.63) is 51.8 Å². The molecule has 3 nitrogen and oxygen atoms in total. The lowest BCUT2D eigenvalue weighted by Crippen LogP contribution is -2.11. The Hall–Kier alpha value is -2.04. The summed E-state index contributed by atoms with van der Waals surface area (Å²) in [5, 5.41) is 4.20. The number of aromatic nitrogens is 2. The molecule has 0 N–H and O–H groups in total. The van der Waals surface area contributed by atoms with Crippen LogP contribution in [-0.4, -0.2) is 15.6 Å². The molecule has 0 spiro atoms. The van der Waals surface area contributed by atoms with Gasteiger partial charge in [-0.1, -0.05) is 6.07 Å². The maximum absolute atomic E-state index is 13.9. The predicted octanol–water partition coefficient (Wildman–Crippen LogP) is 3.05. The molecule has 0 saturated carbocycles. The van der Waals surface area contributed by atoms with E-state index in [1.807, 2.05) is 6.92 Å². The average molecular weight is 278 g/mol. The SMILES string of the molecule is Cc1ccc(F)c(C(=O)Cc2c(C)nn(C)c2C)c1F. The topological polar surface area (TPSA) is 34.9 Å². The van der Waals surface area contributed by atoms with E-state index in [4.69, 9.17) is 0 Å². The van der Waals surface area contributed by atoms with E-state index in [-0.39, 0.29) is 12.0 Å². The van der Waals surface area contributed by atoms with Crippen molar-refractivity contribution in [3.8, 4) is 0 Å². The highest BCUT2D eigenvalue weighted by Gasteiger charge is 2.21. The molecule has 1 aromatic heterocycles. The van der Waals surface area contributed by atoms with Gasteiger partial charge in [0, 0.05) is 24.7 Å². The van der Waals surface area contributed by atoms with Crippen LogP contribution in [0.25, 0.3) is 0 Å². The van der Waals surface area contributed by atoms with Crippen LogP contribution in [0.4, 0.5) is 8.78 Å². The first kappa shape index (κ1) is 14.4. The van der Waals surface area contributed by atoms with E-state index in [2.05, 4.69) is 5.10 Å². The van der Waals surface area contributed by atoms with Gasteiger partial charge in [0.25, 0.3) is 0 Å². The zero-order valence-electron chi connectivity index (χ0n) is 11.9. The number of halogens is 2. The summed E-state index contributed by atoms with van der Waals surface area (Å²) >= 11 is 0. The molecule has 0 saturated heterocycles. The fraction of sp³-hybridized carbons (Fsp3) is 0.333. The quantitative estimate of drug-likeness (QED) is 0.809. The van der Waals surface area contributed by atoms with E-state index in [1.54, 1.807) is 18.7 Å². The Morgan fingerprint density at radius 1 is 1.25 bits per heavy atom. The molecule has 5 heteroatoms. The summed E-state index contributed by atoms with van der Waals surface area (Å²) in [6.45, 7) is 5.11. The van der Waals surface area contributed by atoms with Gasteiger partial charge in [-0.05, 0) is 32.4 Å². The first-order chi connectivity index (χ1) is 9.32. The lowest BCUT2D eigenvalue weighted by molar-refractivity contribution is 0.0984. The summed E-state index contributed by atoms with van der Waals surface area (Å²) in [5.74, 6) is -2.17. The largest absolute Gasteiger partial charge is 0.294 e. The van der Waals surface area contributed by atoms with E-state index >= 15 is 0 Å². The van der Waals surface area contributed by atoms with Gasteiger partial charge in [0.1, 0.15) is 11.6 Å². The molecule has 0 amide bonds. The Labute approximate surface area is 116 Å². The van der Waals surface area contributed by atoms with Gasteiger partial charge in [0.2, 0.25) is 0 Å². The lowest BCUT2D eigenvalue weighted by Gasteiger charge is -2.07. The second kappa shape index (κ2) is 5.15. The molecule has 2 rings (SSSR count). The van der Waals surface area contributed by atoms with Crippen molar-refractivity contribution in [1.29, 1.82) is 0 Å². The lowest BCUT2D eigenvalue weighted by atomic mass is 9.99. The molecule has 106 valence electrons. The van der Waals surface area contributed by atoms with Crippen LogP contribution in [-0.2, 0) is 13.5 Å². The van der Waals surface area contributed by atoms with Crippen LogP contribution in [0.3, 0.4) is 0 Å². The maximum atomic E-state index is 13.9. The summed E-state index contributed by atoms with van der Waals surface area (Å²) in [7, 11) is 1.77. The van der Waals surface area contributed by atoms with E-state index in [9.17, 15) is 13.6 Å². The maximum Gasteiger partial charge on any atom is 0.173 e. The molecule has 1 aromatic carbocycles. The zero-order chi connectivity index (χ0) is 15.0. The van der Waals surface area contributed by atoms with Crippen LogP contribution in [0.5, 0.6) is 0 Å². The second-order valence-corrected chi connectivity index (χ2v) is 4.93. The molecule has 1 heterocycles. The molecule has 0 bridgehead atoms. The van der Waals surface area contributed by atoms with Gasteiger partial charge in [0.05, 0.1) is 11.3 Å². The number of nitrogens with zero attached hydrogens (tertiary/aromatic N) is 2. The first-order valence-electron chi connectivity index (χ1n) is 6.29. The summed E-state index contributed by atoms with van der Waals surface area (Å²) < 4.78 is 29.3. The van der Waals surface area contributed by atoms with Gasteiger partial charge in [-0.25, -0.2) is 8.78 Å². The summed E-state index contributed by atoms with van der Waals surface area (Å²) in [6, 6.07) is 2.44. The van der Waals surface area contributed by atoms with Crippen LogP contribution in [0.15, 0.2) is 12.1 Å². The highest BCUT2D eigenvalue weighted by molar-refractivity contribution is 5.98. The fourth-order valence-corrected chi connectivity index (χ4v) is 2.23. The number of hydrogen-bond donors (Lipinski definition) is 0. The van der Waals surface area contributed by atoms with Gasteiger partial charge in [-0.2, -0.15) is 5.10 Å². The van der Waals surface area contributed by atoms with Gasteiger partial charge in [-0.15, -0.1) is 0 Å². The summed E-state index contributed by atoms with van der Waals surface area (Å²) in [6.07, 6.45) is -0.0528. The van der Waals surface area contributed by atoms with Crippen molar-refractivity contribution in [2.75, 3.05) is 0 Å². The number of carbonyl (C=O) groups is 1. The highest BCUT2D eigenvalue weighted by atomic mass is 19.1. The first-order valence-corrected chi connectivity index (χ1v) is 6.29. The number of Topliss-reactive ketones (excluding diaryl/α,β-unsaturated/α-hetero) is 1. The molecule has 0 fully saturated rings. The molecule has 0 radical (unpaired) electrons. The van der Waals surface area contributed by atoms with Crippen molar-refractivity contribution >= 4 is 5.78 Å². The van der Waals surface area contributed by atoms with Crippen molar-refractivity contribution in [3.63, 3.8) is 0 Å². The molecule has 0 aliphatic rings. The van der Waals surface area contributed by atoms with Gasteiger partial charge >= 0.3 is 0 Å². The Morgan fingerprint density at radius 3 is 2.45 bits per heavy atom. The molecule has 0 aliphatic heterocycles. The van der Waals surface area contributed by atoms with Gasteiger partial charge < -0.3 is 0 Å². The molecule has 20 heavy (non-hydrogen) atoms. The minimum absolute atomic E-state index is 0.0528. The Kier molecular flexibility index (Phi) is 3.70. The smallest absolute Gasteiger partial charge is 0.173 e.